The molecule has 2 heterocycles. The van der Waals surface area contributed by atoms with Crippen LogP contribution in [-0.2, 0) is 4.79 Å². The molecule has 35 heavy (non-hydrogen) atoms. The number of carbonyl (C=O) groups excluding carboxylic acids is 2. The Kier molecular flexibility index (Phi) is 6.24. The first kappa shape index (κ1) is 23.5. The minimum atomic E-state index is -0.715. The molecule has 2 amide bonds. The number of hydrogen-bond donors (Lipinski definition) is 2. The Labute approximate surface area is 200 Å². The van der Waals surface area contributed by atoms with Crippen LogP contribution in [0, 0.1) is 17.0 Å². The van der Waals surface area contributed by atoms with Gasteiger partial charge in [-0.15, -0.1) is 0 Å². The summed E-state index contributed by atoms with van der Waals surface area (Å²) in [7, 11) is 0. The van der Waals surface area contributed by atoms with Crippen LogP contribution < -0.4 is 16.2 Å². The first-order chi connectivity index (χ1) is 16.7. The first-order valence-electron chi connectivity index (χ1n) is 10.8. The largest absolute Gasteiger partial charge is 0.457 e. The van der Waals surface area contributed by atoms with Gasteiger partial charge in [-0.25, -0.2) is 4.68 Å². The van der Waals surface area contributed by atoms with Gasteiger partial charge in [-0.3, -0.25) is 19.7 Å². The molecule has 11 heteroatoms. The van der Waals surface area contributed by atoms with Crippen LogP contribution in [0.25, 0.3) is 11.3 Å². The van der Waals surface area contributed by atoms with E-state index in [9.17, 15) is 19.7 Å². The molecule has 11 nitrogen and oxygen atoms in total. The van der Waals surface area contributed by atoms with Crippen molar-refractivity contribution in [2.75, 3.05) is 18.8 Å². The maximum atomic E-state index is 12.2. The van der Waals surface area contributed by atoms with E-state index in [4.69, 9.17) is 16.2 Å². The summed E-state index contributed by atoms with van der Waals surface area (Å²) in [5.74, 6) is 0.0484. The molecule has 1 unspecified atom stereocenters. The lowest BCUT2D eigenvalue weighted by atomic mass is 10.1. The van der Waals surface area contributed by atoms with Crippen molar-refractivity contribution in [1.82, 2.24) is 14.7 Å². The average molecular weight is 476 g/mol. The van der Waals surface area contributed by atoms with Gasteiger partial charge < -0.3 is 21.1 Å². The molecule has 4 N–H and O–H groups in total. The van der Waals surface area contributed by atoms with E-state index in [2.05, 4.69) is 11.7 Å². The second-order valence-electron chi connectivity index (χ2n) is 8.18. The number of likely N-dealkylation sites (tertiary alicyclic amines) is 1. The lowest BCUT2D eigenvalue weighted by molar-refractivity contribution is -0.384. The van der Waals surface area contributed by atoms with Crippen molar-refractivity contribution in [3.05, 3.63) is 76.4 Å². The van der Waals surface area contributed by atoms with Gasteiger partial charge in [-0.1, -0.05) is 6.58 Å². The number of non-ortho nitro benzene ring substituents is 1. The summed E-state index contributed by atoms with van der Waals surface area (Å²) in [6, 6.07) is 10.9. The molecular weight excluding hydrogens is 452 g/mol. The highest BCUT2D eigenvalue weighted by molar-refractivity contribution is 6.03. The Hall–Kier alpha value is -4.67. The zero-order chi connectivity index (χ0) is 25.3. The Bertz CT molecular complexity index is 1330. The zero-order valence-electron chi connectivity index (χ0n) is 19.0. The Morgan fingerprint density at radius 2 is 1.97 bits per heavy atom. The van der Waals surface area contributed by atoms with Gasteiger partial charge in [0.05, 0.1) is 17.0 Å². The average Bonchev–Trinajstić information content (AvgIpc) is 3.45. The van der Waals surface area contributed by atoms with Crippen LogP contribution in [-0.4, -0.2) is 44.5 Å². The van der Waals surface area contributed by atoms with Crippen molar-refractivity contribution in [2.24, 2.45) is 5.73 Å². The standard InChI is InChI=1S/C24H24N6O5/c1-3-20(31)28-11-10-17(13-28)29-23(25)21(24(26)32)22(27-29)15-5-8-18(9-6-15)35-19-12-16(30(33)34)7-4-14(19)2/h3-9,12,17H,1,10-11,13,25H2,2H3,(H2,26,32). The number of nitro groups is 1. The van der Waals surface area contributed by atoms with Gasteiger partial charge >= 0.3 is 0 Å². The fraction of sp³-hybridized carbons (Fsp3) is 0.208. The number of nitro benzene ring substituents is 1. The molecule has 1 aliphatic rings. The number of amides is 2. The number of hydrogen-bond acceptors (Lipinski definition) is 7. The molecule has 0 radical (unpaired) electrons. The van der Waals surface area contributed by atoms with Gasteiger partial charge in [0.15, 0.2) is 0 Å². The van der Waals surface area contributed by atoms with Gasteiger partial charge in [0, 0.05) is 24.7 Å². The molecule has 4 rings (SSSR count). The smallest absolute Gasteiger partial charge is 0.273 e. The summed E-state index contributed by atoms with van der Waals surface area (Å²) in [4.78, 5) is 36.4. The van der Waals surface area contributed by atoms with Crippen molar-refractivity contribution in [2.45, 2.75) is 19.4 Å². The number of primary amides is 1. The third-order valence-electron chi connectivity index (χ3n) is 5.93. The van der Waals surface area contributed by atoms with E-state index < -0.39 is 10.8 Å². The summed E-state index contributed by atoms with van der Waals surface area (Å²) in [6.07, 6.45) is 1.88. The molecular formula is C24H24N6O5. The molecule has 2 aromatic carbocycles. The minimum absolute atomic E-state index is 0.0744. The molecule has 1 atom stereocenters. The Balaban J connectivity index is 1.62. The SMILES string of the molecule is C=CC(=O)N1CCC(n2nc(-c3ccc(Oc4cc([N+](=O)[O-])ccc4C)cc3)c(C(N)=O)c2N)C1. The normalized spacial score (nSPS) is 15.1. The number of ether oxygens (including phenoxy) is 1. The summed E-state index contributed by atoms with van der Waals surface area (Å²) >= 11 is 0. The predicted octanol–water partition coefficient (Wildman–Crippen LogP) is 3.20. The second-order valence-corrected chi connectivity index (χ2v) is 8.18. The number of anilines is 1. The van der Waals surface area contributed by atoms with Gasteiger partial charge in [0.1, 0.15) is 28.6 Å². The number of benzene rings is 2. The maximum Gasteiger partial charge on any atom is 0.273 e. The fourth-order valence-electron chi connectivity index (χ4n) is 4.06. The monoisotopic (exact) mass is 476 g/mol. The molecule has 1 aromatic heterocycles. The van der Waals surface area contributed by atoms with E-state index in [0.29, 0.717) is 42.3 Å². The number of rotatable bonds is 7. The van der Waals surface area contributed by atoms with E-state index in [1.807, 2.05) is 0 Å². The third kappa shape index (κ3) is 4.56. The van der Waals surface area contributed by atoms with Crippen molar-refractivity contribution in [3.63, 3.8) is 0 Å². The van der Waals surface area contributed by atoms with Gasteiger partial charge in [0.25, 0.3) is 11.6 Å². The minimum Gasteiger partial charge on any atom is -0.457 e. The molecule has 0 spiro atoms. The molecule has 0 saturated carbocycles. The first-order valence-corrected chi connectivity index (χ1v) is 10.8. The zero-order valence-corrected chi connectivity index (χ0v) is 19.0. The van der Waals surface area contributed by atoms with Crippen LogP contribution in [0.3, 0.4) is 0 Å². The van der Waals surface area contributed by atoms with Crippen molar-refractivity contribution < 1.29 is 19.2 Å². The van der Waals surface area contributed by atoms with Crippen LogP contribution in [0.4, 0.5) is 11.5 Å². The van der Waals surface area contributed by atoms with E-state index in [-0.39, 0.29) is 29.0 Å². The molecule has 0 bridgehead atoms. The molecule has 3 aromatic rings. The highest BCUT2D eigenvalue weighted by Crippen LogP contribution is 2.34. The third-order valence-corrected chi connectivity index (χ3v) is 5.93. The number of nitrogen functional groups attached to an aromatic ring is 1. The van der Waals surface area contributed by atoms with E-state index in [0.717, 1.165) is 5.56 Å². The summed E-state index contributed by atoms with van der Waals surface area (Å²) in [5.41, 5.74) is 13.6. The van der Waals surface area contributed by atoms with Gasteiger partial charge in [-0.2, -0.15) is 5.10 Å². The second kappa shape index (κ2) is 9.29. The van der Waals surface area contributed by atoms with Crippen LogP contribution in [0.5, 0.6) is 11.5 Å². The summed E-state index contributed by atoms with van der Waals surface area (Å²) in [6.45, 7) is 6.22. The topological polar surface area (TPSA) is 160 Å². The quantitative estimate of drug-likeness (QED) is 0.301. The van der Waals surface area contributed by atoms with Crippen LogP contribution in [0.15, 0.2) is 55.1 Å². The molecule has 1 fully saturated rings. The molecule has 180 valence electrons. The molecule has 0 aliphatic carbocycles. The van der Waals surface area contributed by atoms with Crippen LogP contribution in [0.1, 0.15) is 28.4 Å². The van der Waals surface area contributed by atoms with Gasteiger partial charge in [-0.05, 0) is 55.3 Å². The summed E-state index contributed by atoms with van der Waals surface area (Å²) < 4.78 is 7.38. The van der Waals surface area contributed by atoms with Crippen molar-refractivity contribution >= 4 is 23.3 Å². The maximum absolute atomic E-state index is 12.2. The number of nitrogens with zero attached hydrogens (tertiary/aromatic N) is 4. The number of aromatic nitrogens is 2. The van der Waals surface area contributed by atoms with Gasteiger partial charge in [0.2, 0.25) is 5.91 Å². The predicted molar refractivity (Wildman–Crippen MR) is 129 cm³/mol. The van der Waals surface area contributed by atoms with Crippen molar-refractivity contribution in [3.8, 4) is 22.8 Å². The highest BCUT2D eigenvalue weighted by atomic mass is 16.6. The number of carbonyl (C=O) groups is 2. The number of aryl methyl sites for hydroxylation is 1. The lowest BCUT2D eigenvalue weighted by Crippen LogP contribution is -2.27. The molecule has 1 aliphatic heterocycles. The van der Waals surface area contributed by atoms with Crippen LogP contribution >= 0.6 is 0 Å². The fourth-order valence-corrected chi connectivity index (χ4v) is 4.06. The highest BCUT2D eigenvalue weighted by Gasteiger charge is 2.31. The lowest BCUT2D eigenvalue weighted by Gasteiger charge is -2.15. The van der Waals surface area contributed by atoms with Crippen LogP contribution in [0.2, 0.25) is 0 Å². The summed E-state index contributed by atoms with van der Waals surface area (Å²) in [5, 5.41) is 15.6. The van der Waals surface area contributed by atoms with E-state index in [1.165, 1.54) is 18.2 Å². The number of nitrogens with two attached hydrogens (primary N) is 2. The Morgan fingerprint density at radius 3 is 2.60 bits per heavy atom. The van der Waals surface area contributed by atoms with E-state index >= 15 is 0 Å². The van der Waals surface area contributed by atoms with E-state index in [1.54, 1.807) is 46.8 Å². The van der Waals surface area contributed by atoms with Crippen molar-refractivity contribution in [1.29, 1.82) is 0 Å². The molecule has 1 saturated heterocycles. The Morgan fingerprint density at radius 1 is 1.26 bits per heavy atom.